The zero-order valence-electron chi connectivity index (χ0n) is 15.9. The van der Waals surface area contributed by atoms with E-state index in [4.69, 9.17) is 16.6 Å². The second-order valence-electron chi connectivity index (χ2n) is 7.65. The Labute approximate surface area is 165 Å². The first kappa shape index (κ1) is 18.2. The van der Waals surface area contributed by atoms with Gasteiger partial charge in [-0.15, -0.1) is 0 Å². The summed E-state index contributed by atoms with van der Waals surface area (Å²) in [5.74, 6) is 2.57. The van der Waals surface area contributed by atoms with Crippen LogP contribution in [0.2, 0.25) is 5.02 Å². The van der Waals surface area contributed by atoms with E-state index in [2.05, 4.69) is 16.8 Å². The number of carbonyl (C=O) groups excluding carboxylic acids is 1. The first-order chi connectivity index (χ1) is 13.0. The summed E-state index contributed by atoms with van der Waals surface area (Å²) in [6.45, 7) is 7.50. The largest absolute Gasteiger partial charge is 0.356 e. The smallest absolute Gasteiger partial charge is 0.255 e. The molecule has 2 aliphatic heterocycles. The van der Waals surface area contributed by atoms with Crippen molar-refractivity contribution >= 4 is 23.3 Å². The van der Waals surface area contributed by atoms with Crippen LogP contribution in [-0.2, 0) is 13.0 Å². The lowest BCUT2D eigenvalue weighted by atomic mass is 9.98. The van der Waals surface area contributed by atoms with E-state index in [1.54, 1.807) is 12.1 Å². The van der Waals surface area contributed by atoms with Crippen LogP contribution in [0.1, 0.15) is 47.2 Å². The predicted octanol–water partition coefficient (Wildman–Crippen LogP) is 3.87. The Morgan fingerprint density at radius 3 is 2.63 bits per heavy atom. The molecule has 0 unspecified atom stereocenters. The van der Waals surface area contributed by atoms with E-state index in [1.165, 1.54) is 12.8 Å². The Kier molecular flexibility index (Phi) is 5.04. The Bertz CT molecular complexity index is 861. The van der Waals surface area contributed by atoms with E-state index in [1.807, 2.05) is 24.0 Å². The van der Waals surface area contributed by atoms with Crippen LogP contribution in [0.4, 0.5) is 5.82 Å². The number of benzene rings is 1. The van der Waals surface area contributed by atoms with Crippen molar-refractivity contribution < 1.29 is 4.79 Å². The van der Waals surface area contributed by atoms with Gasteiger partial charge in [0.15, 0.2) is 0 Å². The van der Waals surface area contributed by atoms with Gasteiger partial charge in [-0.2, -0.15) is 0 Å². The standard InChI is InChI=1S/C21H25ClN4O/c1-14-7-10-25(11-8-14)20-17-13-26(12-9-19(17)23-15(2)24-20)21(27)16-5-3-4-6-18(16)22/h3-6,14H,7-13H2,1-2H3. The topological polar surface area (TPSA) is 49.3 Å². The van der Waals surface area contributed by atoms with E-state index >= 15 is 0 Å². The third kappa shape index (κ3) is 3.65. The van der Waals surface area contributed by atoms with Crippen molar-refractivity contribution in [3.63, 3.8) is 0 Å². The zero-order valence-corrected chi connectivity index (χ0v) is 16.7. The first-order valence-corrected chi connectivity index (χ1v) is 10.1. The monoisotopic (exact) mass is 384 g/mol. The van der Waals surface area contributed by atoms with Crippen molar-refractivity contribution in [2.75, 3.05) is 24.5 Å². The summed E-state index contributed by atoms with van der Waals surface area (Å²) < 4.78 is 0. The molecule has 1 fully saturated rings. The number of hydrogen-bond donors (Lipinski definition) is 0. The van der Waals surface area contributed by atoms with E-state index in [0.717, 1.165) is 48.3 Å². The number of hydrogen-bond acceptors (Lipinski definition) is 4. The number of anilines is 1. The van der Waals surface area contributed by atoms with Gasteiger partial charge < -0.3 is 9.80 Å². The average molecular weight is 385 g/mol. The number of fused-ring (bicyclic) bond motifs is 1. The number of halogens is 1. The van der Waals surface area contributed by atoms with Gasteiger partial charge in [-0.1, -0.05) is 30.7 Å². The summed E-state index contributed by atoms with van der Waals surface area (Å²) in [4.78, 5) is 26.7. The lowest BCUT2D eigenvalue weighted by Gasteiger charge is -2.36. The van der Waals surface area contributed by atoms with E-state index in [0.29, 0.717) is 23.7 Å². The second kappa shape index (κ2) is 7.47. The van der Waals surface area contributed by atoms with E-state index < -0.39 is 0 Å². The summed E-state index contributed by atoms with van der Waals surface area (Å²) in [5, 5.41) is 0.499. The van der Waals surface area contributed by atoms with Crippen molar-refractivity contribution in [2.45, 2.75) is 39.7 Å². The van der Waals surface area contributed by atoms with Gasteiger partial charge in [0.25, 0.3) is 5.91 Å². The SMILES string of the molecule is Cc1nc2c(c(N3CCC(C)CC3)n1)CN(C(=O)c1ccccc1Cl)CC2. The molecule has 5 nitrogen and oxygen atoms in total. The van der Waals surface area contributed by atoms with E-state index in [-0.39, 0.29) is 5.91 Å². The van der Waals surface area contributed by atoms with Crippen LogP contribution in [-0.4, -0.2) is 40.4 Å². The molecule has 0 N–H and O–H groups in total. The maximum atomic E-state index is 13.0. The van der Waals surface area contributed by atoms with Crippen LogP contribution in [0.5, 0.6) is 0 Å². The molecule has 0 bridgehead atoms. The average Bonchev–Trinajstić information content (AvgIpc) is 2.67. The summed E-state index contributed by atoms with van der Waals surface area (Å²) in [6.07, 6.45) is 3.12. The maximum absolute atomic E-state index is 13.0. The Morgan fingerprint density at radius 1 is 1.15 bits per heavy atom. The molecule has 6 heteroatoms. The van der Waals surface area contributed by atoms with Crippen LogP contribution < -0.4 is 4.90 Å². The Morgan fingerprint density at radius 2 is 1.89 bits per heavy atom. The van der Waals surface area contributed by atoms with Gasteiger partial charge >= 0.3 is 0 Å². The zero-order chi connectivity index (χ0) is 19.0. The maximum Gasteiger partial charge on any atom is 0.255 e. The van der Waals surface area contributed by atoms with Crippen LogP contribution in [0.15, 0.2) is 24.3 Å². The Hall–Kier alpha value is -2.14. The van der Waals surface area contributed by atoms with Gasteiger partial charge in [-0.05, 0) is 37.8 Å². The van der Waals surface area contributed by atoms with Crippen LogP contribution in [0, 0.1) is 12.8 Å². The summed E-state index contributed by atoms with van der Waals surface area (Å²) in [6, 6.07) is 7.25. The molecule has 2 aromatic rings. The normalized spacial score (nSPS) is 17.7. The summed E-state index contributed by atoms with van der Waals surface area (Å²) in [7, 11) is 0. The lowest BCUT2D eigenvalue weighted by Crippen LogP contribution is -2.40. The molecule has 1 saturated heterocycles. The predicted molar refractivity (Wildman–Crippen MR) is 107 cm³/mol. The van der Waals surface area contributed by atoms with Gasteiger partial charge in [0, 0.05) is 31.6 Å². The molecular weight excluding hydrogens is 360 g/mol. The van der Waals surface area contributed by atoms with Crippen molar-refractivity contribution in [1.82, 2.24) is 14.9 Å². The highest BCUT2D eigenvalue weighted by atomic mass is 35.5. The fourth-order valence-electron chi connectivity index (χ4n) is 3.98. The minimum absolute atomic E-state index is 0.0231. The third-order valence-corrected chi connectivity index (χ3v) is 5.95. The summed E-state index contributed by atoms with van der Waals surface area (Å²) in [5.41, 5.74) is 2.74. The molecule has 0 saturated carbocycles. The molecule has 142 valence electrons. The van der Waals surface area contributed by atoms with Crippen LogP contribution in [0.3, 0.4) is 0 Å². The molecule has 0 aliphatic carbocycles. The molecule has 1 aromatic heterocycles. The fraction of sp³-hybridized carbons (Fsp3) is 0.476. The highest BCUT2D eigenvalue weighted by Crippen LogP contribution is 2.31. The molecule has 1 amide bonds. The molecule has 0 spiro atoms. The summed E-state index contributed by atoms with van der Waals surface area (Å²) >= 11 is 6.25. The van der Waals surface area contributed by atoms with Gasteiger partial charge in [-0.25, -0.2) is 9.97 Å². The van der Waals surface area contributed by atoms with Crippen molar-refractivity contribution in [3.05, 3.63) is 51.9 Å². The van der Waals surface area contributed by atoms with Gasteiger partial charge in [0.05, 0.1) is 22.8 Å². The third-order valence-electron chi connectivity index (χ3n) is 5.62. The minimum Gasteiger partial charge on any atom is -0.356 e. The van der Waals surface area contributed by atoms with Crippen LogP contribution >= 0.6 is 11.6 Å². The number of nitrogens with zero attached hydrogens (tertiary/aromatic N) is 4. The van der Waals surface area contributed by atoms with Crippen molar-refractivity contribution in [3.8, 4) is 0 Å². The molecular formula is C21H25ClN4O. The minimum atomic E-state index is -0.0231. The molecule has 4 rings (SSSR count). The van der Waals surface area contributed by atoms with Gasteiger partial charge in [-0.3, -0.25) is 4.79 Å². The fourth-order valence-corrected chi connectivity index (χ4v) is 4.19. The number of aromatic nitrogens is 2. The number of aryl methyl sites for hydroxylation is 1. The Balaban J connectivity index is 1.63. The number of rotatable bonds is 2. The van der Waals surface area contributed by atoms with Crippen molar-refractivity contribution in [2.24, 2.45) is 5.92 Å². The number of amides is 1. The van der Waals surface area contributed by atoms with Crippen LogP contribution in [0.25, 0.3) is 0 Å². The number of piperidine rings is 1. The van der Waals surface area contributed by atoms with Gasteiger partial charge in [0.2, 0.25) is 0 Å². The van der Waals surface area contributed by atoms with Gasteiger partial charge in [0.1, 0.15) is 11.6 Å². The van der Waals surface area contributed by atoms with Crippen molar-refractivity contribution in [1.29, 1.82) is 0 Å². The van der Waals surface area contributed by atoms with E-state index in [9.17, 15) is 4.79 Å². The lowest BCUT2D eigenvalue weighted by molar-refractivity contribution is 0.0733. The highest BCUT2D eigenvalue weighted by Gasteiger charge is 2.29. The molecule has 1 aromatic carbocycles. The molecule has 0 atom stereocenters. The molecule has 27 heavy (non-hydrogen) atoms. The number of carbonyl (C=O) groups is 1. The second-order valence-corrected chi connectivity index (χ2v) is 8.05. The molecule has 3 heterocycles. The quantitative estimate of drug-likeness (QED) is 0.788. The molecule has 0 radical (unpaired) electrons. The first-order valence-electron chi connectivity index (χ1n) is 9.68. The highest BCUT2D eigenvalue weighted by molar-refractivity contribution is 6.33. The molecule has 2 aliphatic rings.